The van der Waals surface area contributed by atoms with Crippen LogP contribution in [0.3, 0.4) is 0 Å². The lowest BCUT2D eigenvalue weighted by Gasteiger charge is -2.20. The van der Waals surface area contributed by atoms with Crippen molar-refractivity contribution in [2.75, 3.05) is 14.2 Å². The van der Waals surface area contributed by atoms with Gasteiger partial charge in [0.05, 0.1) is 14.2 Å². The summed E-state index contributed by atoms with van der Waals surface area (Å²) < 4.78 is 10.1. The monoisotopic (exact) mass is 265 g/mol. The van der Waals surface area contributed by atoms with Gasteiger partial charge in [-0.3, -0.25) is 10.1 Å². The minimum Gasteiger partial charge on any atom is -0.496 e. The van der Waals surface area contributed by atoms with Crippen molar-refractivity contribution in [1.82, 2.24) is 5.32 Å². The fourth-order valence-electron chi connectivity index (χ4n) is 1.98. The van der Waals surface area contributed by atoms with Gasteiger partial charge < -0.3 is 9.47 Å². The first-order chi connectivity index (χ1) is 8.99. The van der Waals surface area contributed by atoms with E-state index in [-0.39, 0.29) is 17.9 Å². The van der Waals surface area contributed by atoms with Crippen LogP contribution in [-0.4, -0.2) is 26.2 Å². The average molecular weight is 265 g/mol. The van der Waals surface area contributed by atoms with E-state index in [1.54, 1.807) is 7.11 Å². The summed E-state index contributed by atoms with van der Waals surface area (Å²) in [4.78, 5) is 11.7. The van der Waals surface area contributed by atoms with E-state index < -0.39 is 0 Å². The van der Waals surface area contributed by atoms with Gasteiger partial charge in [0.1, 0.15) is 11.8 Å². The second kappa shape index (κ2) is 7.14. The SMILES string of the molecule is COC(=O)C(NCc1cc(C)ccc1OC)C(C)C. The summed E-state index contributed by atoms with van der Waals surface area (Å²) in [7, 11) is 3.06. The van der Waals surface area contributed by atoms with E-state index in [9.17, 15) is 4.79 Å². The zero-order valence-corrected chi connectivity index (χ0v) is 12.3. The molecule has 1 atom stereocenters. The van der Waals surface area contributed by atoms with Gasteiger partial charge in [0.15, 0.2) is 0 Å². The summed E-state index contributed by atoms with van der Waals surface area (Å²) in [6.07, 6.45) is 0. The van der Waals surface area contributed by atoms with Gasteiger partial charge in [-0.25, -0.2) is 0 Å². The first-order valence-electron chi connectivity index (χ1n) is 6.44. The molecule has 1 aromatic carbocycles. The maximum atomic E-state index is 11.7. The third kappa shape index (κ3) is 4.24. The van der Waals surface area contributed by atoms with Crippen LogP contribution in [-0.2, 0) is 16.1 Å². The third-order valence-electron chi connectivity index (χ3n) is 3.07. The molecule has 0 aromatic heterocycles. The second-order valence-electron chi connectivity index (χ2n) is 4.94. The largest absolute Gasteiger partial charge is 0.496 e. The number of carbonyl (C=O) groups excluding carboxylic acids is 1. The van der Waals surface area contributed by atoms with Crippen molar-refractivity contribution < 1.29 is 14.3 Å². The summed E-state index contributed by atoms with van der Waals surface area (Å²) in [6.45, 7) is 6.58. The third-order valence-corrected chi connectivity index (χ3v) is 3.07. The normalized spacial score (nSPS) is 12.3. The molecule has 0 spiro atoms. The molecule has 1 unspecified atom stereocenters. The number of ether oxygens (including phenoxy) is 2. The molecule has 1 rings (SSSR count). The summed E-state index contributed by atoms with van der Waals surface area (Å²) in [5.74, 6) is 0.760. The molecule has 19 heavy (non-hydrogen) atoms. The molecule has 4 heteroatoms. The number of carbonyl (C=O) groups is 1. The van der Waals surface area contributed by atoms with Gasteiger partial charge in [-0.1, -0.05) is 31.5 Å². The molecule has 0 aliphatic carbocycles. The van der Waals surface area contributed by atoms with E-state index in [0.29, 0.717) is 6.54 Å². The molecule has 0 radical (unpaired) electrons. The minimum atomic E-state index is -0.310. The van der Waals surface area contributed by atoms with Gasteiger partial charge in [-0.2, -0.15) is 0 Å². The number of benzene rings is 1. The van der Waals surface area contributed by atoms with Gasteiger partial charge in [-0.15, -0.1) is 0 Å². The number of methoxy groups -OCH3 is 2. The highest BCUT2D eigenvalue weighted by Crippen LogP contribution is 2.20. The van der Waals surface area contributed by atoms with E-state index in [2.05, 4.69) is 11.4 Å². The van der Waals surface area contributed by atoms with E-state index >= 15 is 0 Å². The Balaban J connectivity index is 2.79. The molecule has 106 valence electrons. The van der Waals surface area contributed by atoms with E-state index in [1.165, 1.54) is 7.11 Å². The fourth-order valence-corrected chi connectivity index (χ4v) is 1.98. The Bertz CT molecular complexity index is 429. The Hall–Kier alpha value is -1.55. The van der Waals surface area contributed by atoms with Crippen LogP contribution in [0.25, 0.3) is 0 Å². The van der Waals surface area contributed by atoms with Crippen LogP contribution in [0.15, 0.2) is 18.2 Å². The highest BCUT2D eigenvalue weighted by molar-refractivity contribution is 5.75. The minimum absolute atomic E-state index is 0.170. The van der Waals surface area contributed by atoms with Crippen LogP contribution < -0.4 is 10.1 Å². The Morgan fingerprint density at radius 3 is 2.53 bits per heavy atom. The number of hydrogen-bond acceptors (Lipinski definition) is 4. The van der Waals surface area contributed by atoms with Crippen molar-refractivity contribution in [3.63, 3.8) is 0 Å². The molecule has 0 amide bonds. The van der Waals surface area contributed by atoms with Crippen molar-refractivity contribution in [1.29, 1.82) is 0 Å². The molecular weight excluding hydrogens is 242 g/mol. The van der Waals surface area contributed by atoms with Crippen molar-refractivity contribution in [3.8, 4) is 5.75 Å². The lowest BCUT2D eigenvalue weighted by Crippen LogP contribution is -2.41. The van der Waals surface area contributed by atoms with Crippen LogP contribution in [0.1, 0.15) is 25.0 Å². The Morgan fingerprint density at radius 1 is 1.32 bits per heavy atom. The van der Waals surface area contributed by atoms with Gasteiger partial charge in [-0.05, 0) is 18.9 Å². The quantitative estimate of drug-likeness (QED) is 0.802. The predicted molar refractivity (Wildman–Crippen MR) is 75.2 cm³/mol. The number of nitrogens with one attached hydrogen (secondary N) is 1. The Kier molecular flexibility index (Phi) is 5.83. The number of aryl methyl sites for hydroxylation is 1. The topological polar surface area (TPSA) is 47.6 Å². The first kappa shape index (κ1) is 15.5. The van der Waals surface area contributed by atoms with Crippen molar-refractivity contribution in [2.24, 2.45) is 5.92 Å². The number of rotatable bonds is 6. The lowest BCUT2D eigenvalue weighted by molar-refractivity contribution is -0.144. The summed E-state index contributed by atoms with van der Waals surface area (Å²) >= 11 is 0. The molecule has 1 aromatic rings. The second-order valence-corrected chi connectivity index (χ2v) is 4.94. The standard InChI is InChI=1S/C15H23NO3/c1-10(2)14(15(17)19-5)16-9-12-8-11(3)6-7-13(12)18-4/h6-8,10,14,16H,9H2,1-5H3. The number of hydrogen-bond donors (Lipinski definition) is 1. The van der Waals surface area contributed by atoms with Crippen LogP contribution in [0.2, 0.25) is 0 Å². The molecule has 0 heterocycles. The first-order valence-corrected chi connectivity index (χ1v) is 6.44. The summed E-state index contributed by atoms with van der Waals surface area (Å²) in [5.41, 5.74) is 2.20. The van der Waals surface area contributed by atoms with E-state index in [4.69, 9.17) is 9.47 Å². The smallest absolute Gasteiger partial charge is 0.323 e. The maximum absolute atomic E-state index is 11.7. The summed E-state index contributed by atoms with van der Waals surface area (Å²) in [6, 6.07) is 5.69. The van der Waals surface area contributed by atoms with Gasteiger partial charge in [0.2, 0.25) is 0 Å². The fraction of sp³-hybridized carbons (Fsp3) is 0.533. The molecule has 0 aliphatic heterocycles. The zero-order chi connectivity index (χ0) is 14.4. The van der Waals surface area contributed by atoms with Crippen molar-refractivity contribution >= 4 is 5.97 Å². The Morgan fingerprint density at radius 2 is 2.00 bits per heavy atom. The highest BCUT2D eigenvalue weighted by atomic mass is 16.5. The van der Waals surface area contributed by atoms with E-state index in [0.717, 1.165) is 16.9 Å². The van der Waals surface area contributed by atoms with Crippen LogP contribution >= 0.6 is 0 Å². The maximum Gasteiger partial charge on any atom is 0.323 e. The molecule has 4 nitrogen and oxygen atoms in total. The molecule has 0 fully saturated rings. The van der Waals surface area contributed by atoms with Crippen molar-refractivity contribution in [3.05, 3.63) is 29.3 Å². The van der Waals surface area contributed by atoms with Gasteiger partial charge in [0.25, 0.3) is 0 Å². The Labute approximate surface area is 115 Å². The molecule has 1 N–H and O–H groups in total. The molecule has 0 bridgehead atoms. The zero-order valence-electron chi connectivity index (χ0n) is 12.3. The highest BCUT2D eigenvalue weighted by Gasteiger charge is 2.22. The molecule has 0 saturated heterocycles. The molecule has 0 aliphatic rings. The van der Waals surface area contributed by atoms with Crippen molar-refractivity contribution in [2.45, 2.75) is 33.4 Å². The van der Waals surface area contributed by atoms with E-state index in [1.807, 2.05) is 32.9 Å². The van der Waals surface area contributed by atoms with Crippen LogP contribution in [0, 0.1) is 12.8 Å². The van der Waals surface area contributed by atoms with Gasteiger partial charge in [0, 0.05) is 12.1 Å². The van der Waals surface area contributed by atoms with Crippen LogP contribution in [0.5, 0.6) is 5.75 Å². The average Bonchev–Trinajstić information content (AvgIpc) is 2.38. The molecular formula is C15H23NO3. The number of esters is 1. The predicted octanol–water partition coefficient (Wildman–Crippen LogP) is 2.29. The molecule has 0 saturated carbocycles. The lowest BCUT2D eigenvalue weighted by atomic mass is 10.0. The summed E-state index contributed by atoms with van der Waals surface area (Å²) in [5, 5.41) is 3.23. The van der Waals surface area contributed by atoms with Crippen LogP contribution in [0.4, 0.5) is 0 Å². The van der Waals surface area contributed by atoms with Gasteiger partial charge >= 0.3 is 5.97 Å².